The minimum atomic E-state index is -0.413. The molecular weight excluding hydrogens is 268 g/mol. The van der Waals surface area contributed by atoms with Crippen LogP contribution in [0.15, 0.2) is 24.3 Å². The van der Waals surface area contributed by atoms with Crippen LogP contribution in [0.4, 0.5) is 5.69 Å². The van der Waals surface area contributed by atoms with Crippen LogP contribution < -0.4 is 10.1 Å². The molecule has 2 atom stereocenters. The molecule has 5 heteroatoms. The number of para-hydroxylation sites is 2. The molecule has 2 rings (SSSR count). The maximum Gasteiger partial charge on any atom is 0.238 e. The number of hydrogen-bond acceptors (Lipinski definition) is 4. The molecule has 2 N–H and O–H groups in total. The molecular formula is C16H24N2O3. The van der Waals surface area contributed by atoms with Crippen molar-refractivity contribution in [2.24, 2.45) is 0 Å². The molecule has 0 spiro atoms. The zero-order valence-electron chi connectivity index (χ0n) is 12.7. The molecule has 5 nitrogen and oxygen atoms in total. The lowest BCUT2D eigenvalue weighted by molar-refractivity contribution is -0.118. The van der Waals surface area contributed by atoms with Crippen LogP contribution >= 0.6 is 0 Å². The summed E-state index contributed by atoms with van der Waals surface area (Å²) in [6, 6.07) is 7.43. The zero-order valence-corrected chi connectivity index (χ0v) is 12.7. The van der Waals surface area contributed by atoms with Crippen LogP contribution in [0.25, 0.3) is 0 Å². The average molecular weight is 292 g/mol. The summed E-state index contributed by atoms with van der Waals surface area (Å²) in [5.41, 5.74) is 0.676. The lowest BCUT2D eigenvalue weighted by Gasteiger charge is -2.36. The smallest absolute Gasteiger partial charge is 0.238 e. The number of nitrogens with one attached hydrogen (secondary N) is 1. The standard InChI is InChI=1S/C16H24N2O3/c1-12(19)14-8-5-6-10-18(14)11-16(20)17-13-7-3-4-9-15(13)21-2/h3-4,7,9,12,14,19H,5-6,8,10-11H2,1-2H3,(H,17,20). The van der Waals surface area contributed by atoms with Gasteiger partial charge in [0, 0.05) is 6.04 Å². The number of methoxy groups -OCH3 is 1. The number of hydrogen-bond donors (Lipinski definition) is 2. The van der Waals surface area contributed by atoms with Crippen molar-refractivity contribution in [3.05, 3.63) is 24.3 Å². The lowest BCUT2D eigenvalue weighted by atomic mass is 9.98. The van der Waals surface area contributed by atoms with Gasteiger partial charge < -0.3 is 15.2 Å². The van der Waals surface area contributed by atoms with Gasteiger partial charge in [-0.3, -0.25) is 9.69 Å². The number of carbonyl (C=O) groups is 1. The molecule has 1 aromatic carbocycles. The highest BCUT2D eigenvalue weighted by molar-refractivity contribution is 5.93. The van der Waals surface area contributed by atoms with E-state index in [0.29, 0.717) is 18.0 Å². The van der Waals surface area contributed by atoms with E-state index in [1.807, 2.05) is 24.3 Å². The summed E-state index contributed by atoms with van der Waals surface area (Å²) in [7, 11) is 1.58. The molecule has 1 fully saturated rings. The minimum absolute atomic E-state index is 0.0715. The fourth-order valence-corrected chi connectivity index (χ4v) is 2.88. The number of nitrogens with zero attached hydrogens (tertiary/aromatic N) is 1. The molecule has 0 aliphatic carbocycles. The van der Waals surface area contributed by atoms with E-state index in [9.17, 15) is 9.90 Å². The molecule has 1 aromatic rings. The first-order valence-corrected chi connectivity index (χ1v) is 7.47. The summed E-state index contributed by atoms with van der Waals surface area (Å²) in [4.78, 5) is 14.3. The number of carbonyl (C=O) groups excluding carboxylic acids is 1. The van der Waals surface area contributed by atoms with Crippen LogP contribution in [-0.4, -0.2) is 48.3 Å². The summed E-state index contributed by atoms with van der Waals surface area (Å²) < 4.78 is 5.23. The van der Waals surface area contributed by atoms with Crippen molar-refractivity contribution in [2.45, 2.75) is 38.3 Å². The molecule has 0 bridgehead atoms. The van der Waals surface area contributed by atoms with Crippen molar-refractivity contribution in [1.29, 1.82) is 0 Å². The Morgan fingerprint density at radius 2 is 2.24 bits per heavy atom. The molecule has 1 aliphatic rings. The third-order valence-electron chi connectivity index (χ3n) is 3.95. The Morgan fingerprint density at radius 3 is 2.95 bits per heavy atom. The normalized spacial score (nSPS) is 20.8. The van der Waals surface area contributed by atoms with Crippen molar-refractivity contribution >= 4 is 11.6 Å². The number of benzene rings is 1. The largest absolute Gasteiger partial charge is 0.495 e. The topological polar surface area (TPSA) is 61.8 Å². The molecule has 21 heavy (non-hydrogen) atoms. The molecule has 116 valence electrons. The second-order valence-corrected chi connectivity index (χ2v) is 5.52. The van der Waals surface area contributed by atoms with E-state index >= 15 is 0 Å². The van der Waals surface area contributed by atoms with Gasteiger partial charge in [-0.05, 0) is 38.4 Å². The highest BCUT2D eigenvalue weighted by Crippen LogP contribution is 2.24. The Labute approximate surface area is 125 Å². The number of ether oxygens (including phenoxy) is 1. The number of aliphatic hydroxyl groups excluding tert-OH is 1. The summed E-state index contributed by atoms with van der Waals surface area (Å²) in [6.45, 7) is 2.95. The zero-order chi connectivity index (χ0) is 15.2. The molecule has 1 amide bonds. The van der Waals surface area contributed by atoms with E-state index in [2.05, 4.69) is 10.2 Å². The summed E-state index contributed by atoms with van der Waals surface area (Å²) in [6.07, 6.45) is 2.72. The average Bonchev–Trinajstić information content (AvgIpc) is 2.48. The Bertz CT molecular complexity index is 476. The third kappa shape index (κ3) is 4.19. The second-order valence-electron chi connectivity index (χ2n) is 5.52. The number of rotatable bonds is 5. The highest BCUT2D eigenvalue weighted by Gasteiger charge is 2.27. The summed E-state index contributed by atoms with van der Waals surface area (Å²) in [5, 5.41) is 12.7. The minimum Gasteiger partial charge on any atom is -0.495 e. The molecule has 0 saturated carbocycles. The number of aliphatic hydroxyl groups is 1. The third-order valence-corrected chi connectivity index (χ3v) is 3.95. The molecule has 1 saturated heterocycles. The first-order chi connectivity index (χ1) is 10.1. The van der Waals surface area contributed by atoms with Gasteiger partial charge in [0.1, 0.15) is 5.75 Å². The first kappa shape index (κ1) is 15.8. The first-order valence-electron chi connectivity index (χ1n) is 7.47. The van der Waals surface area contributed by atoms with Crippen molar-refractivity contribution in [1.82, 2.24) is 4.90 Å². The van der Waals surface area contributed by atoms with Crippen molar-refractivity contribution in [3.8, 4) is 5.75 Å². The highest BCUT2D eigenvalue weighted by atomic mass is 16.5. The monoisotopic (exact) mass is 292 g/mol. The fourth-order valence-electron chi connectivity index (χ4n) is 2.88. The number of piperidine rings is 1. The SMILES string of the molecule is COc1ccccc1NC(=O)CN1CCCCC1C(C)O. The van der Waals surface area contributed by atoms with Gasteiger partial charge in [0.2, 0.25) is 5.91 Å². The molecule has 2 unspecified atom stereocenters. The van der Waals surface area contributed by atoms with E-state index in [4.69, 9.17) is 4.74 Å². The van der Waals surface area contributed by atoms with Gasteiger partial charge in [0.05, 0.1) is 25.4 Å². The fraction of sp³-hybridized carbons (Fsp3) is 0.562. The quantitative estimate of drug-likeness (QED) is 0.869. The Kier molecular flexibility index (Phi) is 5.59. The maximum atomic E-state index is 12.2. The predicted octanol–water partition coefficient (Wildman–Crippen LogP) is 1.87. The van der Waals surface area contributed by atoms with Crippen LogP contribution in [-0.2, 0) is 4.79 Å². The number of anilines is 1. The van der Waals surface area contributed by atoms with Crippen LogP contribution in [0.5, 0.6) is 5.75 Å². The number of amides is 1. The maximum absolute atomic E-state index is 12.2. The van der Waals surface area contributed by atoms with E-state index in [0.717, 1.165) is 25.8 Å². The Morgan fingerprint density at radius 1 is 1.48 bits per heavy atom. The van der Waals surface area contributed by atoms with Crippen LogP contribution in [0, 0.1) is 0 Å². The van der Waals surface area contributed by atoms with E-state index in [1.54, 1.807) is 14.0 Å². The predicted molar refractivity (Wildman–Crippen MR) is 82.5 cm³/mol. The van der Waals surface area contributed by atoms with Gasteiger partial charge in [-0.2, -0.15) is 0 Å². The summed E-state index contributed by atoms with van der Waals surface area (Å²) in [5.74, 6) is 0.573. The van der Waals surface area contributed by atoms with Gasteiger partial charge in [0.15, 0.2) is 0 Å². The van der Waals surface area contributed by atoms with E-state index in [-0.39, 0.29) is 11.9 Å². The van der Waals surface area contributed by atoms with Crippen LogP contribution in [0.1, 0.15) is 26.2 Å². The van der Waals surface area contributed by atoms with Gasteiger partial charge in [-0.25, -0.2) is 0 Å². The van der Waals surface area contributed by atoms with Crippen LogP contribution in [0.2, 0.25) is 0 Å². The van der Waals surface area contributed by atoms with Gasteiger partial charge >= 0.3 is 0 Å². The van der Waals surface area contributed by atoms with Crippen molar-refractivity contribution < 1.29 is 14.6 Å². The Balaban J connectivity index is 1.97. The molecule has 0 aromatic heterocycles. The molecule has 1 heterocycles. The molecule has 1 aliphatic heterocycles. The van der Waals surface area contributed by atoms with Crippen molar-refractivity contribution in [3.63, 3.8) is 0 Å². The van der Waals surface area contributed by atoms with E-state index in [1.165, 1.54) is 0 Å². The lowest BCUT2D eigenvalue weighted by Crippen LogP contribution is -2.48. The summed E-state index contributed by atoms with van der Waals surface area (Å²) >= 11 is 0. The van der Waals surface area contributed by atoms with Gasteiger partial charge in [-0.1, -0.05) is 18.6 Å². The molecule has 0 radical (unpaired) electrons. The van der Waals surface area contributed by atoms with Gasteiger partial charge in [-0.15, -0.1) is 0 Å². The Hall–Kier alpha value is -1.59. The van der Waals surface area contributed by atoms with E-state index < -0.39 is 6.10 Å². The number of likely N-dealkylation sites (tertiary alicyclic amines) is 1. The van der Waals surface area contributed by atoms with Crippen molar-refractivity contribution in [2.75, 3.05) is 25.5 Å². The van der Waals surface area contributed by atoms with Crippen LogP contribution in [0.3, 0.4) is 0 Å². The second kappa shape index (κ2) is 7.43. The van der Waals surface area contributed by atoms with Gasteiger partial charge in [0.25, 0.3) is 0 Å².